The molecule has 3 rings (SSSR count). The van der Waals surface area contributed by atoms with Crippen LogP contribution in [0.15, 0.2) is 66.7 Å². The number of hydrogen-bond donors (Lipinski definition) is 1. The Balaban J connectivity index is 1.42. The fourth-order valence-corrected chi connectivity index (χ4v) is 3.53. The SMILES string of the molecule is CCC(C)(C)c1ccc(OCCCC(=O)Oc2ccc(C(=O)Nc3cc(C)ccc3C)cc2)cc1. The average molecular weight is 474 g/mol. The van der Waals surface area contributed by atoms with Crippen LogP contribution in [0.4, 0.5) is 5.69 Å². The van der Waals surface area contributed by atoms with Gasteiger partial charge in [0.15, 0.2) is 0 Å². The largest absolute Gasteiger partial charge is 0.494 e. The van der Waals surface area contributed by atoms with Crippen LogP contribution in [0.5, 0.6) is 11.5 Å². The number of esters is 1. The van der Waals surface area contributed by atoms with Crippen LogP contribution in [0.2, 0.25) is 0 Å². The molecule has 1 N–H and O–H groups in total. The standard InChI is InChI=1S/C30H35NO4/c1-6-30(4,5)24-13-17-25(18-14-24)34-19-7-8-28(32)35-26-15-11-23(12-16-26)29(33)31-27-20-21(2)9-10-22(27)3/h9-18,20H,6-8,19H2,1-5H3,(H,31,33). The van der Waals surface area contributed by atoms with E-state index >= 15 is 0 Å². The molecule has 0 aliphatic heterocycles. The normalized spacial score (nSPS) is 11.1. The number of aryl methyl sites for hydroxylation is 2. The van der Waals surface area contributed by atoms with Crippen molar-refractivity contribution in [2.45, 2.75) is 59.3 Å². The number of amides is 1. The summed E-state index contributed by atoms with van der Waals surface area (Å²) >= 11 is 0. The van der Waals surface area contributed by atoms with Gasteiger partial charge in [0.25, 0.3) is 5.91 Å². The number of nitrogens with one attached hydrogen (secondary N) is 1. The molecule has 5 nitrogen and oxygen atoms in total. The Hall–Kier alpha value is -3.60. The number of anilines is 1. The molecule has 0 aliphatic rings. The number of rotatable bonds is 10. The van der Waals surface area contributed by atoms with Gasteiger partial charge in [0.1, 0.15) is 11.5 Å². The fourth-order valence-electron chi connectivity index (χ4n) is 3.53. The summed E-state index contributed by atoms with van der Waals surface area (Å²) in [4.78, 5) is 24.7. The molecule has 0 spiro atoms. The molecule has 0 saturated carbocycles. The second-order valence-corrected chi connectivity index (χ2v) is 9.48. The van der Waals surface area contributed by atoms with Gasteiger partial charge in [-0.2, -0.15) is 0 Å². The Kier molecular flexibility index (Phi) is 8.69. The van der Waals surface area contributed by atoms with E-state index in [4.69, 9.17) is 9.47 Å². The first-order chi connectivity index (χ1) is 16.7. The van der Waals surface area contributed by atoms with Gasteiger partial charge in [-0.1, -0.05) is 45.0 Å². The Morgan fingerprint density at radius 1 is 0.886 bits per heavy atom. The molecule has 0 saturated heterocycles. The molecule has 0 unspecified atom stereocenters. The van der Waals surface area contributed by atoms with E-state index in [1.165, 1.54) is 5.56 Å². The zero-order valence-corrected chi connectivity index (χ0v) is 21.3. The maximum Gasteiger partial charge on any atom is 0.311 e. The van der Waals surface area contributed by atoms with Crippen molar-refractivity contribution in [3.63, 3.8) is 0 Å². The van der Waals surface area contributed by atoms with Crippen LogP contribution in [-0.2, 0) is 10.2 Å². The van der Waals surface area contributed by atoms with Gasteiger partial charge in [-0.25, -0.2) is 0 Å². The molecule has 0 heterocycles. The molecule has 5 heteroatoms. The molecule has 0 aromatic heterocycles. The average Bonchev–Trinajstić information content (AvgIpc) is 2.85. The van der Waals surface area contributed by atoms with E-state index in [-0.39, 0.29) is 23.7 Å². The van der Waals surface area contributed by atoms with Crippen molar-refractivity contribution in [3.05, 3.63) is 89.0 Å². The van der Waals surface area contributed by atoms with Crippen molar-refractivity contribution in [2.75, 3.05) is 11.9 Å². The number of benzene rings is 3. The minimum atomic E-state index is -0.332. The van der Waals surface area contributed by atoms with E-state index in [1.807, 2.05) is 44.2 Å². The summed E-state index contributed by atoms with van der Waals surface area (Å²) in [6.07, 6.45) is 1.87. The Morgan fingerprint density at radius 2 is 1.54 bits per heavy atom. The molecule has 3 aromatic rings. The molecule has 1 amide bonds. The second kappa shape index (κ2) is 11.7. The van der Waals surface area contributed by atoms with Gasteiger partial charge in [-0.15, -0.1) is 0 Å². The van der Waals surface area contributed by atoms with Crippen LogP contribution in [0.1, 0.15) is 67.1 Å². The number of carbonyl (C=O) groups is 2. The molecule has 0 atom stereocenters. The minimum Gasteiger partial charge on any atom is -0.494 e. The summed E-state index contributed by atoms with van der Waals surface area (Å²) in [5, 5.41) is 2.93. The lowest BCUT2D eigenvalue weighted by molar-refractivity contribution is -0.134. The van der Waals surface area contributed by atoms with E-state index in [2.05, 4.69) is 38.2 Å². The third-order valence-corrected chi connectivity index (χ3v) is 6.30. The quantitative estimate of drug-likeness (QED) is 0.195. The lowest BCUT2D eigenvalue weighted by Crippen LogP contribution is -2.15. The molecular weight excluding hydrogens is 438 g/mol. The van der Waals surface area contributed by atoms with Gasteiger partial charge < -0.3 is 14.8 Å². The molecule has 0 radical (unpaired) electrons. The lowest BCUT2D eigenvalue weighted by atomic mass is 9.82. The van der Waals surface area contributed by atoms with Crippen molar-refractivity contribution in [1.82, 2.24) is 0 Å². The van der Waals surface area contributed by atoms with E-state index < -0.39 is 0 Å². The van der Waals surface area contributed by atoms with Crippen molar-refractivity contribution in [2.24, 2.45) is 0 Å². The summed E-state index contributed by atoms with van der Waals surface area (Å²) < 4.78 is 11.2. The number of carbonyl (C=O) groups excluding carboxylic acids is 2. The van der Waals surface area contributed by atoms with Crippen LogP contribution >= 0.6 is 0 Å². The van der Waals surface area contributed by atoms with Crippen molar-refractivity contribution in [1.29, 1.82) is 0 Å². The number of hydrogen-bond acceptors (Lipinski definition) is 4. The van der Waals surface area contributed by atoms with Crippen LogP contribution < -0.4 is 14.8 Å². The Morgan fingerprint density at radius 3 is 2.20 bits per heavy atom. The Bertz CT molecular complexity index is 1150. The van der Waals surface area contributed by atoms with Crippen LogP contribution in [0, 0.1) is 13.8 Å². The minimum absolute atomic E-state index is 0.143. The first-order valence-electron chi connectivity index (χ1n) is 12.1. The van der Waals surface area contributed by atoms with Gasteiger partial charge in [0.05, 0.1) is 6.61 Å². The summed E-state index contributed by atoms with van der Waals surface area (Å²) in [6.45, 7) is 11.0. The molecule has 3 aromatic carbocycles. The highest BCUT2D eigenvalue weighted by Gasteiger charge is 2.17. The fraction of sp³-hybridized carbons (Fsp3) is 0.333. The van der Waals surface area contributed by atoms with Gasteiger partial charge in [-0.05, 0) is 91.3 Å². The highest BCUT2D eigenvalue weighted by atomic mass is 16.5. The Labute approximate surface area is 208 Å². The first kappa shape index (κ1) is 26.0. The van der Waals surface area contributed by atoms with Crippen molar-refractivity contribution < 1.29 is 19.1 Å². The predicted octanol–water partition coefficient (Wildman–Crippen LogP) is 7.01. The predicted molar refractivity (Wildman–Crippen MR) is 140 cm³/mol. The summed E-state index contributed by atoms with van der Waals surface area (Å²) in [5.41, 5.74) is 4.78. The molecule has 0 bridgehead atoms. The van der Waals surface area contributed by atoms with Gasteiger partial charge >= 0.3 is 5.97 Å². The van der Waals surface area contributed by atoms with E-state index in [0.29, 0.717) is 24.3 Å². The topological polar surface area (TPSA) is 64.6 Å². The lowest BCUT2D eigenvalue weighted by Gasteiger charge is -2.23. The monoisotopic (exact) mass is 473 g/mol. The molecule has 184 valence electrons. The van der Waals surface area contributed by atoms with Crippen molar-refractivity contribution in [3.8, 4) is 11.5 Å². The van der Waals surface area contributed by atoms with E-state index in [9.17, 15) is 9.59 Å². The molecule has 0 fully saturated rings. The van der Waals surface area contributed by atoms with Gasteiger partial charge in [0, 0.05) is 17.7 Å². The summed E-state index contributed by atoms with van der Waals surface area (Å²) in [6, 6.07) is 20.6. The molecular formula is C30H35NO4. The maximum atomic E-state index is 12.6. The van der Waals surface area contributed by atoms with Gasteiger partial charge in [-0.3, -0.25) is 9.59 Å². The van der Waals surface area contributed by atoms with E-state index in [0.717, 1.165) is 29.0 Å². The summed E-state index contributed by atoms with van der Waals surface area (Å²) in [7, 11) is 0. The van der Waals surface area contributed by atoms with Gasteiger partial charge in [0.2, 0.25) is 0 Å². The van der Waals surface area contributed by atoms with Crippen LogP contribution in [0.25, 0.3) is 0 Å². The van der Waals surface area contributed by atoms with Crippen LogP contribution in [-0.4, -0.2) is 18.5 Å². The second-order valence-electron chi connectivity index (χ2n) is 9.48. The van der Waals surface area contributed by atoms with Crippen LogP contribution in [0.3, 0.4) is 0 Å². The third kappa shape index (κ3) is 7.44. The first-order valence-corrected chi connectivity index (χ1v) is 12.1. The maximum absolute atomic E-state index is 12.6. The number of ether oxygens (including phenoxy) is 2. The van der Waals surface area contributed by atoms with Crippen molar-refractivity contribution >= 4 is 17.6 Å². The molecule has 35 heavy (non-hydrogen) atoms. The smallest absolute Gasteiger partial charge is 0.311 e. The molecule has 0 aliphatic carbocycles. The summed E-state index contributed by atoms with van der Waals surface area (Å²) in [5.74, 6) is 0.665. The highest BCUT2D eigenvalue weighted by molar-refractivity contribution is 6.04. The highest BCUT2D eigenvalue weighted by Crippen LogP contribution is 2.28. The zero-order chi connectivity index (χ0) is 25.4. The van der Waals surface area contributed by atoms with E-state index in [1.54, 1.807) is 24.3 Å². The zero-order valence-electron chi connectivity index (χ0n) is 21.3. The third-order valence-electron chi connectivity index (χ3n) is 6.30.